The van der Waals surface area contributed by atoms with Crippen LogP contribution >= 0.6 is 0 Å². The molecule has 0 aliphatic carbocycles. The molecule has 0 saturated carbocycles. The third-order valence-corrected chi connectivity index (χ3v) is 24.1. The largest absolute Gasteiger partial charge is 0.311 e. The van der Waals surface area contributed by atoms with Gasteiger partial charge in [-0.05, 0) is 256 Å². The van der Waals surface area contributed by atoms with Crippen molar-refractivity contribution in [1.29, 1.82) is 0 Å². The molecule has 0 N–H and O–H groups in total. The molecule has 5 heteroatoms. The molecule has 2 aromatic heterocycles. The number of benzene rings is 17. The van der Waals surface area contributed by atoms with Crippen LogP contribution in [0.3, 0.4) is 0 Å². The van der Waals surface area contributed by atoms with E-state index < -0.39 is 42.1 Å². The van der Waals surface area contributed by atoms with Crippen molar-refractivity contribution in [2.75, 3.05) is 9.80 Å². The smallest absolute Gasteiger partial charge is 0.252 e. The average molecular weight is 1580 g/mol. The second-order valence-corrected chi connectivity index (χ2v) is 36.0. The standard InChI is InChI=1S/C117H97BN4/c1-115(2,3)74-77-62-112-114-113(63-77)122(109-73-95(83-44-28-15-29-45-83)91(76-117(7,8)9)69-97(109)85-48-32-17-33-49-85)111-71-93(120-106-60-52-88(80-38-22-12-23-39-80)66-100(106)101-67-89(53-61-107(101)120)81-40-24-13-25-41-81)55-57-103(111)118(114)102-56-54-92(119-104-58-50-86(78-34-18-10-19-35-78)64-98(104)99-65-87(51-59-105(99)119)79-36-20-11-21-37-79)70-110(102)121(112)108-72-94(82-42-26-14-27-43-82)90(75-116(4,5)6)68-96(108)84-46-30-16-31-47-84/h10-73H,74-76H2,1-9H3/i74D2,75D2,76D2. The summed E-state index contributed by atoms with van der Waals surface area (Å²) in [6.07, 6.45) is -5.83. The number of fused-ring (bicyclic) bond motifs is 10. The van der Waals surface area contributed by atoms with Crippen molar-refractivity contribution in [3.8, 4) is 100 Å². The van der Waals surface area contributed by atoms with Crippen LogP contribution < -0.4 is 26.2 Å². The molecular formula is C117H97BN4. The first kappa shape index (κ1) is 68.9. The van der Waals surface area contributed by atoms with Crippen LogP contribution in [0.5, 0.6) is 0 Å². The lowest BCUT2D eigenvalue weighted by Gasteiger charge is -2.46. The monoisotopic (exact) mass is 1570 g/mol. The summed E-state index contributed by atoms with van der Waals surface area (Å²) in [4.78, 5) is 4.85. The molecule has 0 radical (unpaired) electrons. The Morgan fingerprint density at radius 1 is 0.230 bits per heavy atom. The zero-order valence-corrected chi connectivity index (χ0v) is 70.3. The SMILES string of the molecule is [2H]C([2H])(c1cc2c3c(c1)N(c1cc(-c4ccccc4)c(C([2H])([2H])C(C)(C)C)cc1-c1ccccc1)c1cc(-n4c5ccc(-c6ccccc6)cc5c5cc(-c6ccccc6)ccc54)ccc1B3c1ccc(-n3c4ccc(-c5ccccc5)cc4c4cc(-c5ccccc5)ccc43)cc1N2c1cc(-c2ccccc2)c(C([2H])([2H])C(C)(C)C)cc1-c1ccccc1)C(C)(C)C. The van der Waals surface area contributed by atoms with Gasteiger partial charge < -0.3 is 18.9 Å². The molecule has 21 rings (SSSR count). The van der Waals surface area contributed by atoms with Crippen molar-refractivity contribution >= 4 is 101 Å². The average Bonchev–Trinajstić information content (AvgIpc) is 0.803. The van der Waals surface area contributed by atoms with Crippen molar-refractivity contribution in [3.63, 3.8) is 0 Å². The lowest BCUT2D eigenvalue weighted by Crippen LogP contribution is -2.61. The summed E-state index contributed by atoms with van der Waals surface area (Å²) >= 11 is 0. The quantitative estimate of drug-likeness (QED) is 0.0951. The fraction of sp³-hybridized carbons (Fsp3) is 0.128. The van der Waals surface area contributed by atoms with E-state index in [4.69, 9.17) is 0 Å². The van der Waals surface area contributed by atoms with Gasteiger partial charge in [0.05, 0.1) is 33.4 Å². The fourth-order valence-electron chi connectivity index (χ4n) is 19.1. The summed E-state index contributed by atoms with van der Waals surface area (Å²) in [5.74, 6) is 0. The summed E-state index contributed by atoms with van der Waals surface area (Å²) in [6.45, 7) is 17.4. The Hall–Kier alpha value is -14.0. The van der Waals surface area contributed by atoms with E-state index in [1.807, 2.05) is 111 Å². The molecular weight excluding hydrogens is 1470 g/mol. The minimum Gasteiger partial charge on any atom is -0.311 e. The summed E-state index contributed by atoms with van der Waals surface area (Å²) < 4.78 is 69.1. The van der Waals surface area contributed by atoms with Gasteiger partial charge in [-0.1, -0.05) is 341 Å². The third-order valence-electron chi connectivity index (χ3n) is 24.1. The van der Waals surface area contributed by atoms with Crippen molar-refractivity contribution in [3.05, 3.63) is 405 Å². The van der Waals surface area contributed by atoms with Crippen molar-refractivity contribution in [2.45, 2.75) is 81.4 Å². The van der Waals surface area contributed by atoms with E-state index in [0.29, 0.717) is 16.7 Å². The molecule has 0 unspecified atom stereocenters. The number of aromatic nitrogens is 2. The van der Waals surface area contributed by atoms with Gasteiger partial charge in [-0.25, -0.2) is 0 Å². The fourth-order valence-corrected chi connectivity index (χ4v) is 19.1. The second-order valence-electron chi connectivity index (χ2n) is 36.0. The second kappa shape index (κ2) is 30.1. The van der Waals surface area contributed by atoms with E-state index >= 15 is 0 Å². The van der Waals surface area contributed by atoms with Crippen molar-refractivity contribution < 1.29 is 8.22 Å². The Morgan fingerprint density at radius 2 is 0.500 bits per heavy atom. The number of hydrogen-bond donors (Lipinski definition) is 0. The number of rotatable bonds is 15. The van der Waals surface area contributed by atoms with Crippen LogP contribution in [0.4, 0.5) is 34.1 Å². The van der Waals surface area contributed by atoms with Gasteiger partial charge in [-0.15, -0.1) is 0 Å². The van der Waals surface area contributed by atoms with Crippen molar-refractivity contribution in [1.82, 2.24) is 9.13 Å². The highest BCUT2D eigenvalue weighted by molar-refractivity contribution is 7.00. The highest BCUT2D eigenvalue weighted by Gasteiger charge is 2.46. The maximum Gasteiger partial charge on any atom is 0.252 e. The van der Waals surface area contributed by atoms with Gasteiger partial charge in [0.15, 0.2) is 0 Å². The molecule has 0 saturated heterocycles. The molecule has 4 nitrogen and oxygen atoms in total. The summed E-state index contributed by atoms with van der Waals surface area (Å²) in [6, 6.07) is 139. The van der Waals surface area contributed by atoms with Gasteiger partial charge in [-0.3, -0.25) is 0 Å². The number of anilines is 6. The molecule has 4 heterocycles. The van der Waals surface area contributed by atoms with E-state index in [1.165, 1.54) is 0 Å². The maximum atomic E-state index is 11.0. The first-order valence-corrected chi connectivity index (χ1v) is 42.7. The Balaban J connectivity index is 0.933. The number of nitrogens with zero attached hydrogens (tertiary/aromatic N) is 4. The lowest BCUT2D eigenvalue weighted by atomic mass is 9.33. The van der Waals surface area contributed by atoms with E-state index in [9.17, 15) is 8.22 Å². The van der Waals surface area contributed by atoms with Gasteiger partial charge in [0.25, 0.3) is 6.71 Å². The molecule has 0 bridgehead atoms. The molecule has 0 fully saturated rings. The summed E-state index contributed by atoms with van der Waals surface area (Å²) in [5.41, 5.74) is 27.8. The van der Waals surface area contributed by atoms with Gasteiger partial charge in [0.1, 0.15) is 0 Å². The van der Waals surface area contributed by atoms with Gasteiger partial charge in [0.2, 0.25) is 0 Å². The topological polar surface area (TPSA) is 16.3 Å². The maximum absolute atomic E-state index is 11.0. The Labute approximate surface area is 726 Å². The predicted octanol–water partition coefficient (Wildman–Crippen LogP) is 30.1. The van der Waals surface area contributed by atoms with Gasteiger partial charge in [0, 0.05) is 75.0 Å². The lowest BCUT2D eigenvalue weighted by molar-refractivity contribution is 0.411. The Kier molecular flexibility index (Phi) is 17.0. The molecule has 0 atom stereocenters. The van der Waals surface area contributed by atoms with E-state index in [0.717, 1.165) is 195 Å². The summed E-state index contributed by atoms with van der Waals surface area (Å²) in [5, 5.41) is 4.40. The first-order chi connectivity index (χ1) is 61.7. The van der Waals surface area contributed by atoms with Crippen LogP contribution in [0.15, 0.2) is 388 Å². The summed E-state index contributed by atoms with van der Waals surface area (Å²) in [7, 11) is 0. The van der Waals surface area contributed by atoms with E-state index in [-0.39, 0.29) is 0 Å². The first-order valence-electron chi connectivity index (χ1n) is 45.7. The van der Waals surface area contributed by atoms with Crippen molar-refractivity contribution in [2.24, 2.45) is 16.2 Å². The van der Waals surface area contributed by atoms with E-state index in [2.05, 4.69) is 359 Å². The molecule has 588 valence electrons. The Morgan fingerprint density at radius 3 is 0.779 bits per heavy atom. The van der Waals surface area contributed by atoms with Crippen LogP contribution in [0.25, 0.3) is 144 Å². The predicted molar refractivity (Wildman–Crippen MR) is 522 cm³/mol. The number of hydrogen-bond acceptors (Lipinski definition) is 2. The molecule has 0 spiro atoms. The van der Waals surface area contributed by atoms with Crippen LogP contribution in [0, 0.1) is 16.2 Å². The molecule has 19 aromatic rings. The molecule has 17 aromatic carbocycles. The van der Waals surface area contributed by atoms with Gasteiger partial charge in [-0.2, -0.15) is 0 Å². The van der Waals surface area contributed by atoms with Crippen LogP contribution in [0.2, 0.25) is 0 Å². The normalized spacial score (nSPS) is 13.8. The van der Waals surface area contributed by atoms with E-state index in [1.54, 1.807) is 0 Å². The molecule has 0 amide bonds. The molecule has 2 aliphatic rings. The zero-order chi connectivity index (χ0) is 88.1. The zero-order valence-electron chi connectivity index (χ0n) is 76.3. The molecule has 2 aliphatic heterocycles. The highest BCUT2D eigenvalue weighted by atomic mass is 15.2. The highest BCUT2D eigenvalue weighted by Crippen LogP contribution is 2.54. The van der Waals surface area contributed by atoms with Crippen LogP contribution in [-0.4, -0.2) is 15.8 Å². The van der Waals surface area contributed by atoms with Gasteiger partial charge >= 0.3 is 0 Å². The van der Waals surface area contributed by atoms with Crippen LogP contribution in [-0.2, 0) is 19.1 Å². The minimum atomic E-state index is -2.04. The molecule has 122 heavy (non-hydrogen) atoms. The minimum absolute atomic E-state index is 0.457. The van der Waals surface area contributed by atoms with Crippen LogP contribution in [0.1, 0.15) is 87.2 Å². The third kappa shape index (κ3) is 13.8. The Bertz CT molecular complexity index is 6940.